The number of ether oxygens (including phenoxy) is 2. The Labute approximate surface area is 234 Å². The van der Waals surface area contributed by atoms with Crippen molar-refractivity contribution >= 4 is 17.4 Å². The van der Waals surface area contributed by atoms with E-state index in [1.807, 2.05) is 30.3 Å². The number of anilines is 1. The lowest BCUT2D eigenvalue weighted by atomic mass is 9.91. The van der Waals surface area contributed by atoms with E-state index in [9.17, 15) is 19.1 Å². The number of hydrogen-bond acceptors (Lipinski definition) is 5. The van der Waals surface area contributed by atoms with Gasteiger partial charge in [-0.3, -0.25) is 9.59 Å². The summed E-state index contributed by atoms with van der Waals surface area (Å²) in [6.45, 7) is 2.12. The SMILES string of the molecule is COc1ccc(C(=O)Cc2ccccc2F)c(N2CCC(COc3cccc(C(CC(=O)O)C4CC4)c3)CC2)c1. The maximum Gasteiger partial charge on any atom is 0.303 e. The number of Topliss-reactive ketones (excluding diaryl/α,β-unsaturated/α-hetero) is 1. The minimum absolute atomic E-state index is 0.00341. The second kappa shape index (κ2) is 12.5. The Kier molecular flexibility index (Phi) is 8.68. The minimum atomic E-state index is -0.761. The lowest BCUT2D eigenvalue weighted by Crippen LogP contribution is -2.36. The molecule has 1 heterocycles. The lowest BCUT2D eigenvalue weighted by molar-refractivity contribution is -0.137. The van der Waals surface area contributed by atoms with Gasteiger partial charge in [-0.2, -0.15) is 0 Å². The summed E-state index contributed by atoms with van der Waals surface area (Å²) in [5.74, 6) is 1.06. The zero-order valence-electron chi connectivity index (χ0n) is 22.9. The number of benzene rings is 3. The molecule has 0 spiro atoms. The second-order valence-electron chi connectivity index (χ2n) is 10.9. The maximum absolute atomic E-state index is 14.2. The molecule has 3 aromatic rings. The van der Waals surface area contributed by atoms with Gasteiger partial charge in [0.15, 0.2) is 5.78 Å². The van der Waals surface area contributed by atoms with E-state index in [0.717, 1.165) is 55.8 Å². The quantitative estimate of drug-likeness (QED) is 0.261. The molecule has 1 saturated heterocycles. The van der Waals surface area contributed by atoms with Crippen LogP contribution in [0.2, 0.25) is 0 Å². The van der Waals surface area contributed by atoms with Crippen molar-refractivity contribution in [1.29, 1.82) is 0 Å². The van der Waals surface area contributed by atoms with E-state index < -0.39 is 5.97 Å². The van der Waals surface area contributed by atoms with Crippen molar-refractivity contribution in [3.8, 4) is 11.5 Å². The fourth-order valence-electron chi connectivity index (χ4n) is 5.68. The summed E-state index contributed by atoms with van der Waals surface area (Å²) < 4.78 is 25.8. The van der Waals surface area contributed by atoms with Gasteiger partial charge in [0.1, 0.15) is 17.3 Å². The number of methoxy groups -OCH3 is 1. The molecule has 0 bridgehead atoms. The zero-order chi connectivity index (χ0) is 28.1. The van der Waals surface area contributed by atoms with Gasteiger partial charge >= 0.3 is 5.97 Å². The van der Waals surface area contributed by atoms with Gasteiger partial charge in [-0.15, -0.1) is 0 Å². The third-order valence-electron chi connectivity index (χ3n) is 8.13. The average molecular weight is 546 g/mol. The Bertz CT molecular complexity index is 1350. The second-order valence-corrected chi connectivity index (χ2v) is 10.9. The molecule has 6 nitrogen and oxygen atoms in total. The molecular formula is C33H36FNO5. The number of piperidine rings is 1. The number of rotatable bonds is 12. The Morgan fingerprint density at radius 3 is 2.45 bits per heavy atom. The smallest absolute Gasteiger partial charge is 0.303 e. The highest BCUT2D eigenvalue weighted by Gasteiger charge is 2.34. The van der Waals surface area contributed by atoms with E-state index >= 15 is 0 Å². The van der Waals surface area contributed by atoms with Gasteiger partial charge in [0.05, 0.1) is 25.8 Å². The Balaban J connectivity index is 1.21. The zero-order valence-corrected chi connectivity index (χ0v) is 22.9. The highest BCUT2D eigenvalue weighted by Crippen LogP contribution is 2.45. The summed E-state index contributed by atoms with van der Waals surface area (Å²) in [4.78, 5) is 26.8. The third kappa shape index (κ3) is 6.82. The molecule has 7 heteroatoms. The first-order chi connectivity index (χ1) is 19.4. The summed E-state index contributed by atoms with van der Waals surface area (Å²) >= 11 is 0. The molecule has 0 aromatic heterocycles. The van der Waals surface area contributed by atoms with Gasteiger partial charge in [-0.1, -0.05) is 30.3 Å². The lowest BCUT2D eigenvalue weighted by Gasteiger charge is -2.34. The number of carbonyl (C=O) groups excluding carboxylic acids is 1. The number of carbonyl (C=O) groups is 2. The van der Waals surface area contributed by atoms with Gasteiger partial charge in [-0.05, 0) is 84.9 Å². The molecule has 1 unspecified atom stereocenters. The van der Waals surface area contributed by atoms with E-state index in [0.29, 0.717) is 35.3 Å². The third-order valence-corrected chi connectivity index (χ3v) is 8.13. The number of ketones is 1. The predicted molar refractivity (Wildman–Crippen MR) is 152 cm³/mol. The molecule has 3 aromatic carbocycles. The summed E-state index contributed by atoms with van der Waals surface area (Å²) in [7, 11) is 1.60. The van der Waals surface area contributed by atoms with Crippen LogP contribution in [0.4, 0.5) is 10.1 Å². The van der Waals surface area contributed by atoms with Crippen molar-refractivity contribution in [2.45, 2.75) is 44.4 Å². The van der Waals surface area contributed by atoms with Crippen LogP contribution >= 0.6 is 0 Å². The van der Waals surface area contributed by atoms with Crippen LogP contribution in [0.15, 0.2) is 66.7 Å². The topological polar surface area (TPSA) is 76.1 Å². The molecule has 0 amide bonds. The normalized spacial score (nSPS) is 16.4. The molecule has 1 saturated carbocycles. The van der Waals surface area contributed by atoms with Crippen LogP contribution in [0.1, 0.15) is 59.5 Å². The minimum Gasteiger partial charge on any atom is -0.497 e. The Morgan fingerprint density at radius 1 is 0.975 bits per heavy atom. The number of halogens is 1. The van der Waals surface area contributed by atoms with Crippen molar-refractivity contribution in [1.82, 2.24) is 0 Å². The monoisotopic (exact) mass is 545 g/mol. The molecule has 1 aliphatic heterocycles. The average Bonchev–Trinajstić information content (AvgIpc) is 3.81. The molecule has 40 heavy (non-hydrogen) atoms. The number of aliphatic carboxylic acids is 1. The summed E-state index contributed by atoms with van der Waals surface area (Å²) in [5, 5.41) is 9.35. The van der Waals surface area contributed by atoms with Gasteiger partial charge < -0.3 is 19.5 Å². The molecule has 1 N–H and O–H groups in total. The summed E-state index contributed by atoms with van der Waals surface area (Å²) in [6.07, 6.45) is 4.14. The molecule has 1 atom stereocenters. The molecular weight excluding hydrogens is 509 g/mol. The first-order valence-corrected chi connectivity index (χ1v) is 14.1. The van der Waals surface area contributed by atoms with E-state index in [4.69, 9.17) is 9.47 Å². The van der Waals surface area contributed by atoms with Gasteiger partial charge in [0, 0.05) is 31.1 Å². The maximum atomic E-state index is 14.2. The van der Waals surface area contributed by atoms with Crippen molar-refractivity contribution in [3.63, 3.8) is 0 Å². The van der Waals surface area contributed by atoms with Crippen LogP contribution < -0.4 is 14.4 Å². The highest BCUT2D eigenvalue weighted by molar-refractivity contribution is 6.02. The molecule has 2 fully saturated rings. The first kappa shape index (κ1) is 27.7. The standard InChI is InChI=1S/C33H36FNO5/c1-39-26-11-12-28(32(36)18-25-5-2-3-8-30(25)34)31(19-26)35-15-13-22(14-16-35)21-40-27-7-4-6-24(17-27)29(20-33(37)38)23-9-10-23/h2-8,11-12,17,19,22-23,29H,9-10,13-16,18,20-21H2,1H3,(H,37,38). The van der Waals surface area contributed by atoms with Crippen molar-refractivity contribution in [3.05, 3.63) is 89.2 Å². The summed E-state index contributed by atoms with van der Waals surface area (Å²) in [5.41, 5.74) is 2.82. The van der Waals surface area contributed by atoms with E-state index in [-0.39, 0.29) is 30.4 Å². The summed E-state index contributed by atoms with van der Waals surface area (Å²) in [6, 6.07) is 19.7. The van der Waals surface area contributed by atoms with Crippen LogP contribution in [-0.4, -0.2) is 43.7 Å². The Hall–Kier alpha value is -3.87. The number of carboxylic acids is 1. The van der Waals surface area contributed by atoms with Gasteiger partial charge in [-0.25, -0.2) is 4.39 Å². The first-order valence-electron chi connectivity index (χ1n) is 14.1. The van der Waals surface area contributed by atoms with Gasteiger partial charge in [0.2, 0.25) is 0 Å². The molecule has 1 aliphatic carbocycles. The number of carboxylic acid groups (broad SMARTS) is 1. The molecule has 210 valence electrons. The highest BCUT2D eigenvalue weighted by atomic mass is 19.1. The number of hydrogen-bond donors (Lipinski definition) is 1. The van der Waals surface area contributed by atoms with Gasteiger partial charge in [0.25, 0.3) is 0 Å². The van der Waals surface area contributed by atoms with Crippen LogP contribution in [0.3, 0.4) is 0 Å². The van der Waals surface area contributed by atoms with Crippen LogP contribution in [0.5, 0.6) is 11.5 Å². The van der Waals surface area contributed by atoms with Crippen LogP contribution in [-0.2, 0) is 11.2 Å². The molecule has 5 rings (SSSR count). The Morgan fingerprint density at radius 2 is 1.75 bits per heavy atom. The van der Waals surface area contributed by atoms with Crippen molar-refractivity contribution < 1.29 is 28.6 Å². The van der Waals surface area contributed by atoms with E-state index in [2.05, 4.69) is 4.90 Å². The largest absolute Gasteiger partial charge is 0.497 e. The predicted octanol–water partition coefficient (Wildman–Crippen LogP) is 6.52. The van der Waals surface area contributed by atoms with Crippen molar-refractivity contribution in [2.24, 2.45) is 11.8 Å². The fourth-order valence-corrected chi connectivity index (χ4v) is 5.68. The van der Waals surface area contributed by atoms with E-state index in [1.165, 1.54) is 6.07 Å². The van der Waals surface area contributed by atoms with Crippen molar-refractivity contribution in [2.75, 3.05) is 31.7 Å². The van der Waals surface area contributed by atoms with E-state index in [1.54, 1.807) is 37.4 Å². The van der Waals surface area contributed by atoms with Crippen LogP contribution in [0, 0.1) is 17.7 Å². The fraction of sp³-hybridized carbons (Fsp3) is 0.394. The number of nitrogens with zero attached hydrogens (tertiary/aromatic N) is 1. The molecule has 2 aliphatic rings. The van der Waals surface area contributed by atoms with Crippen LogP contribution in [0.25, 0.3) is 0 Å². The molecule has 0 radical (unpaired) electrons.